The summed E-state index contributed by atoms with van der Waals surface area (Å²) in [7, 11) is 0. The number of aliphatic imine (C=N–C) groups is 1. The molecule has 0 radical (unpaired) electrons. The maximum Gasteiger partial charge on any atom is 0.136 e. The third kappa shape index (κ3) is 4.94. The fraction of sp³-hybridized carbons (Fsp3) is 0.0476. The highest BCUT2D eigenvalue weighted by Crippen LogP contribution is 2.27. The van der Waals surface area contributed by atoms with Crippen LogP contribution in [0.5, 0.6) is 5.75 Å². The first-order valence-electron chi connectivity index (χ1n) is 8.09. The fourth-order valence-corrected chi connectivity index (χ4v) is 2.54. The first kappa shape index (κ1) is 17.7. The van der Waals surface area contributed by atoms with Crippen LogP contribution in [-0.4, -0.2) is 15.9 Å². The van der Waals surface area contributed by atoms with Gasteiger partial charge in [-0.1, -0.05) is 48.0 Å². The molecule has 1 heterocycles. The molecule has 0 bridgehead atoms. The second-order valence-corrected chi connectivity index (χ2v) is 6.19. The van der Waals surface area contributed by atoms with Gasteiger partial charge in [-0.15, -0.1) is 0 Å². The zero-order chi connectivity index (χ0) is 18.4. The molecule has 5 heteroatoms. The number of nitrogens with two attached hydrogens (primary N) is 1. The summed E-state index contributed by atoms with van der Waals surface area (Å²) < 4.78 is 0. The number of rotatable bonds is 5. The highest BCUT2D eigenvalue weighted by molar-refractivity contribution is 6.32. The molecule has 4 nitrogen and oxygen atoms in total. The Labute approximate surface area is 157 Å². The molecule has 0 aliphatic rings. The van der Waals surface area contributed by atoms with Crippen molar-refractivity contribution in [2.45, 2.75) is 6.42 Å². The van der Waals surface area contributed by atoms with Gasteiger partial charge in [0.25, 0.3) is 0 Å². The number of phenols is 1. The van der Waals surface area contributed by atoms with Crippen LogP contribution < -0.4 is 5.73 Å². The van der Waals surface area contributed by atoms with Crippen LogP contribution in [0.15, 0.2) is 78.1 Å². The molecule has 0 spiro atoms. The van der Waals surface area contributed by atoms with Crippen molar-refractivity contribution in [2.24, 2.45) is 10.7 Å². The van der Waals surface area contributed by atoms with Gasteiger partial charge in [-0.25, -0.2) is 4.99 Å². The van der Waals surface area contributed by atoms with Crippen molar-refractivity contribution < 1.29 is 5.11 Å². The first-order valence-corrected chi connectivity index (χ1v) is 8.46. The molecule has 3 N–H and O–H groups in total. The van der Waals surface area contributed by atoms with Gasteiger partial charge in [0.15, 0.2) is 0 Å². The number of halogens is 1. The Kier molecular flexibility index (Phi) is 5.66. The van der Waals surface area contributed by atoms with Gasteiger partial charge < -0.3 is 10.8 Å². The van der Waals surface area contributed by atoms with E-state index < -0.39 is 0 Å². The molecule has 0 aliphatic heterocycles. The molecule has 0 unspecified atom stereocenters. The van der Waals surface area contributed by atoms with E-state index in [4.69, 9.17) is 17.3 Å². The Hall–Kier alpha value is -3.11. The van der Waals surface area contributed by atoms with Crippen LogP contribution in [-0.2, 0) is 6.42 Å². The van der Waals surface area contributed by atoms with Gasteiger partial charge in [0.1, 0.15) is 11.6 Å². The van der Waals surface area contributed by atoms with E-state index in [9.17, 15) is 5.11 Å². The van der Waals surface area contributed by atoms with Crippen LogP contribution >= 0.6 is 11.6 Å². The van der Waals surface area contributed by atoms with E-state index in [0.717, 1.165) is 12.0 Å². The van der Waals surface area contributed by atoms with Gasteiger partial charge in [-0.2, -0.15) is 0 Å². The largest absolute Gasteiger partial charge is 0.506 e. The number of hydrogen-bond donors (Lipinski definition) is 2. The second kappa shape index (κ2) is 8.32. The van der Waals surface area contributed by atoms with Crippen molar-refractivity contribution in [2.75, 3.05) is 0 Å². The Morgan fingerprint density at radius 2 is 1.92 bits per heavy atom. The van der Waals surface area contributed by atoms with E-state index in [1.165, 1.54) is 17.2 Å². The van der Waals surface area contributed by atoms with E-state index >= 15 is 0 Å². The average Bonchev–Trinajstić information content (AvgIpc) is 2.65. The number of aromatic hydroxyl groups is 1. The Balaban J connectivity index is 1.66. The number of hydrogen-bond acceptors (Lipinski definition) is 3. The average molecular weight is 364 g/mol. The monoisotopic (exact) mass is 363 g/mol. The molecule has 0 fully saturated rings. The zero-order valence-electron chi connectivity index (χ0n) is 14.0. The predicted octanol–water partition coefficient (Wildman–Crippen LogP) is 4.73. The highest BCUT2D eigenvalue weighted by Gasteiger charge is 1.99. The summed E-state index contributed by atoms with van der Waals surface area (Å²) in [4.78, 5) is 8.36. The van der Waals surface area contributed by atoms with Crippen molar-refractivity contribution in [1.29, 1.82) is 0 Å². The summed E-state index contributed by atoms with van der Waals surface area (Å²) in [5.41, 5.74) is 9.88. The number of pyridine rings is 1. The summed E-state index contributed by atoms with van der Waals surface area (Å²) in [5.74, 6) is 0.320. The minimum Gasteiger partial charge on any atom is -0.506 e. The van der Waals surface area contributed by atoms with Gasteiger partial charge in [0.05, 0.1) is 10.7 Å². The third-order valence-electron chi connectivity index (χ3n) is 3.75. The van der Waals surface area contributed by atoms with Crippen molar-refractivity contribution in [3.63, 3.8) is 0 Å². The molecule has 0 amide bonds. The molecule has 0 aliphatic carbocycles. The van der Waals surface area contributed by atoms with Crippen LogP contribution in [0, 0.1) is 0 Å². The fourth-order valence-electron chi connectivity index (χ4n) is 2.42. The topological polar surface area (TPSA) is 71.5 Å². The number of benzene rings is 2. The maximum atomic E-state index is 9.59. The van der Waals surface area contributed by atoms with Gasteiger partial charge in [0.2, 0.25) is 0 Å². The summed E-state index contributed by atoms with van der Waals surface area (Å²) in [6.07, 6.45) is 8.11. The first-order chi connectivity index (χ1) is 12.6. The Morgan fingerprint density at radius 1 is 1.12 bits per heavy atom. The third-order valence-corrected chi connectivity index (χ3v) is 4.06. The zero-order valence-corrected chi connectivity index (χ0v) is 14.8. The Morgan fingerprint density at radius 3 is 2.62 bits per heavy atom. The summed E-state index contributed by atoms with van der Waals surface area (Å²) in [5, 5.41) is 9.87. The minimum absolute atomic E-state index is 0.0195. The summed E-state index contributed by atoms with van der Waals surface area (Å²) >= 11 is 5.78. The lowest BCUT2D eigenvalue weighted by Crippen LogP contribution is -2.06. The quantitative estimate of drug-likeness (QED) is 0.508. The van der Waals surface area contributed by atoms with E-state index in [1.807, 2.05) is 30.5 Å². The minimum atomic E-state index is -0.0195. The second-order valence-electron chi connectivity index (χ2n) is 5.79. The number of phenolic OH excluding ortho intramolecular Hbond substituents is 1. The van der Waals surface area contributed by atoms with Crippen molar-refractivity contribution in [1.82, 2.24) is 4.98 Å². The molecule has 0 atom stereocenters. The van der Waals surface area contributed by atoms with Gasteiger partial charge in [-0.3, -0.25) is 4.98 Å². The predicted molar refractivity (Wildman–Crippen MR) is 107 cm³/mol. The molecular weight excluding hydrogens is 346 g/mol. The van der Waals surface area contributed by atoms with Crippen LogP contribution in [0.2, 0.25) is 5.02 Å². The molecule has 0 saturated heterocycles. The number of nitrogens with zero attached hydrogens (tertiary/aromatic N) is 2. The summed E-state index contributed by atoms with van der Waals surface area (Å²) in [6, 6.07) is 17.0. The van der Waals surface area contributed by atoms with Gasteiger partial charge in [-0.05, 0) is 47.4 Å². The molecule has 26 heavy (non-hydrogen) atoms. The normalized spacial score (nSPS) is 11.8. The van der Waals surface area contributed by atoms with Crippen LogP contribution in [0.25, 0.3) is 6.08 Å². The maximum absolute atomic E-state index is 9.59. The Bertz CT molecular complexity index is 935. The van der Waals surface area contributed by atoms with Crippen molar-refractivity contribution in [3.8, 4) is 5.75 Å². The van der Waals surface area contributed by atoms with Crippen LogP contribution in [0.4, 0.5) is 5.69 Å². The molecular formula is C21H18ClN3O. The molecule has 130 valence electrons. The van der Waals surface area contributed by atoms with E-state index in [1.54, 1.807) is 24.4 Å². The van der Waals surface area contributed by atoms with Crippen LogP contribution in [0.1, 0.15) is 16.7 Å². The van der Waals surface area contributed by atoms with Crippen LogP contribution in [0.3, 0.4) is 0 Å². The SMILES string of the molecule is NC(C=Cc1ccc(Cc2cccnc2)cc1)=Nc1ccc(Cl)c(O)c1. The number of aromatic nitrogens is 1. The molecule has 1 aromatic heterocycles. The molecule has 3 aromatic rings. The van der Waals surface area contributed by atoms with Crippen molar-refractivity contribution >= 4 is 29.2 Å². The molecule has 3 rings (SSSR count). The lowest BCUT2D eigenvalue weighted by atomic mass is 10.0. The van der Waals surface area contributed by atoms with Gasteiger partial charge in [0, 0.05) is 18.5 Å². The lowest BCUT2D eigenvalue weighted by Gasteiger charge is -2.02. The highest BCUT2D eigenvalue weighted by atomic mass is 35.5. The van der Waals surface area contributed by atoms with E-state index in [-0.39, 0.29) is 10.8 Å². The van der Waals surface area contributed by atoms with Crippen molar-refractivity contribution in [3.05, 3.63) is 94.8 Å². The summed E-state index contributed by atoms with van der Waals surface area (Å²) in [6.45, 7) is 0. The van der Waals surface area contributed by atoms with E-state index in [2.05, 4.69) is 28.2 Å². The number of amidine groups is 1. The lowest BCUT2D eigenvalue weighted by molar-refractivity contribution is 0.476. The smallest absolute Gasteiger partial charge is 0.136 e. The standard InChI is InChI=1S/C21H18ClN3O/c22-19-9-8-18(13-20(19)26)25-21(23)10-7-15-3-5-16(6-4-15)12-17-2-1-11-24-14-17/h1-11,13-14,26H,12H2,(H2,23,25). The molecule has 0 saturated carbocycles. The molecule has 2 aromatic carbocycles. The van der Waals surface area contributed by atoms with Gasteiger partial charge >= 0.3 is 0 Å². The van der Waals surface area contributed by atoms with E-state index in [0.29, 0.717) is 11.5 Å².